The number of ether oxygens (including phenoxy) is 1. The summed E-state index contributed by atoms with van der Waals surface area (Å²) in [4.78, 5) is 13.0. The Morgan fingerprint density at radius 1 is 1.05 bits per heavy atom. The van der Waals surface area contributed by atoms with Crippen LogP contribution in [0.15, 0.2) is 61.1 Å². The minimum absolute atomic E-state index is 0.555. The summed E-state index contributed by atoms with van der Waals surface area (Å²) < 4.78 is 5.60. The van der Waals surface area contributed by atoms with Crippen LogP contribution in [0.1, 0.15) is 6.92 Å². The maximum absolute atomic E-state index is 5.60. The first-order valence-electron chi connectivity index (χ1n) is 7.09. The highest BCUT2D eigenvalue weighted by molar-refractivity contribution is 5.65. The van der Waals surface area contributed by atoms with Crippen molar-refractivity contribution in [3.63, 3.8) is 0 Å². The molecular weight excluding hydrogens is 276 g/mol. The van der Waals surface area contributed by atoms with Crippen molar-refractivity contribution in [2.75, 3.05) is 11.9 Å². The van der Waals surface area contributed by atoms with Crippen molar-refractivity contribution in [1.29, 1.82) is 0 Å². The Balaban J connectivity index is 1.97. The summed E-state index contributed by atoms with van der Waals surface area (Å²) in [6.07, 6.45) is 5.15. The molecular formula is C17H16N4O. The van der Waals surface area contributed by atoms with Gasteiger partial charge in [-0.15, -0.1) is 0 Å². The van der Waals surface area contributed by atoms with E-state index in [1.165, 1.54) is 0 Å². The van der Waals surface area contributed by atoms with E-state index < -0.39 is 0 Å². The van der Waals surface area contributed by atoms with E-state index in [0.29, 0.717) is 24.0 Å². The zero-order chi connectivity index (χ0) is 15.2. The lowest BCUT2D eigenvalue weighted by Crippen LogP contribution is -2.02. The fourth-order valence-corrected chi connectivity index (χ4v) is 2.02. The second kappa shape index (κ2) is 6.67. The zero-order valence-corrected chi connectivity index (χ0v) is 12.2. The van der Waals surface area contributed by atoms with Crippen molar-refractivity contribution in [3.05, 3.63) is 61.1 Å². The molecule has 5 heteroatoms. The van der Waals surface area contributed by atoms with Gasteiger partial charge in [-0.05, 0) is 19.1 Å². The van der Waals surface area contributed by atoms with Gasteiger partial charge in [0.1, 0.15) is 0 Å². The summed E-state index contributed by atoms with van der Waals surface area (Å²) >= 11 is 0. The topological polar surface area (TPSA) is 59.9 Å². The smallest absolute Gasteiger partial charge is 0.180 e. The van der Waals surface area contributed by atoms with Crippen LogP contribution in [0.2, 0.25) is 0 Å². The van der Waals surface area contributed by atoms with Crippen LogP contribution in [-0.4, -0.2) is 21.6 Å². The van der Waals surface area contributed by atoms with Gasteiger partial charge < -0.3 is 10.1 Å². The van der Waals surface area contributed by atoms with Crippen LogP contribution < -0.4 is 10.1 Å². The van der Waals surface area contributed by atoms with E-state index in [0.717, 1.165) is 11.3 Å². The van der Waals surface area contributed by atoms with E-state index >= 15 is 0 Å². The summed E-state index contributed by atoms with van der Waals surface area (Å²) in [5.74, 6) is 1.92. The first-order valence-corrected chi connectivity index (χ1v) is 7.09. The number of hydrogen-bond donors (Lipinski definition) is 1. The van der Waals surface area contributed by atoms with Crippen LogP contribution in [0.5, 0.6) is 5.75 Å². The fraction of sp³-hybridized carbons (Fsp3) is 0.118. The molecule has 0 aliphatic rings. The van der Waals surface area contributed by atoms with Gasteiger partial charge in [0.25, 0.3) is 0 Å². The maximum atomic E-state index is 5.60. The molecule has 0 amide bonds. The van der Waals surface area contributed by atoms with E-state index in [9.17, 15) is 0 Å². The first kappa shape index (κ1) is 14.0. The normalized spacial score (nSPS) is 10.2. The molecule has 0 saturated carbocycles. The lowest BCUT2D eigenvalue weighted by Gasteiger charge is -2.12. The van der Waals surface area contributed by atoms with Gasteiger partial charge in [-0.3, -0.25) is 4.98 Å². The van der Waals surface area contributed by atoms with Crippen molar-refractivity contribution >= 4 is 11.5 Å². The molecule has 3 rings (SSSR count). The molecule has 110 valence electrons. The van der Waals surface area contributed by atoms with Gasteiger partial charge in [-0.1, -0.05) is 30.3 Å². The predicted octanol–water partition coefficient (Wildman–Crippen LogP) is 3.68. The molecule has 0 fully saturated rings. The third kappa shape index (κ3) is 3.20. The van der Waals surface area contributed by atoms with Gasteiger partial charge in [0.05, 0.1) is 12.8 Å². The first-order chi connectivity index (χ1) is 10.9. The molecule has 0 unspecified atom stereocenters. The van der Waals surface area contributed by atoms with Crippen molar-refractivity contribution in [2.24, 2.45) is 0 Å². The van der Waals surface area contributed by atoms with Gasteiger partial charge in [-0.25, -0.2) is 9.97 Å². The van der Waals surface area contributed by atoms with Gasteiger partial charge in [0.2, 0.25) is 0 Å². The van der Waals surface area contributed by atoms with Gasteiger partial charge in [0, 0.05) is 23.6 Å². The monoisotopic (exact) mass is 292 g/mol. The third-order valence-electron chi connectivity index (χ3n) is 3.03. The summed E-state index contributed by atoms with van der Waals surface area (Å²) in [7, 11) is 0. The Bertz CT molecular complexity index is 732. The molecule has 1 aromatic carbocycles. The number of rotatable bonds is 5. The molecule has 5 nitrogen and oxygen atoms in total. The van der Waals surface area contributed by atoms with Gasteiger partial charge in [-0.2, -0.15) is 0 Å². The highest BCUT2D eigenvalue weighted by Gasteiger charge is 2.10. The molecule has 2 heterocycles. The van der Waals surface area contributed by atoms with Crippen LogP contribution in [0, 0.1) is 0 Å². The molecule has 0 aliphatic carbocycles. The Morgan fingerprint density at radius 2 is 1.82 bits per heavy atom. The number of benzene rings is 1. The summed E-state index contributed by atoms with van der Waals surface area (Å²) in [6, 6.07) is 13.6. The lowest BCUT2D eigenvalue weighted by molar-refractivity contribution is 0.339. The number of nitrogens with zero attached hydrogens (tertiary/aromatic N) is 3. The van der Waals surface area contributed by atoms with E-state index in [-0.39, 0.29) is 0 Å². The number of pyridine rings is 1. The molecule has 0 atom stereocenters. The summed E-state index contributed by atoms with van der Waals surface area (Å²) in [5.41, 5.74) is 1.86. The third-order valence-corrected chi connectivity index (χ3v) is 3.03. The van der Waals surface area contributed by atoms with E-state index in [1.807, 2.05) is 49.4 Å². The van der Waals surface area contributed by atoms with Crippen LogP contribution in [0.3, 0.4) is 0 Å². The fourth-order valence-electron chi connectivity index (χ4n) is 2.02. The lowest BCUT2D eigenvalue weighted by atomic mass is 10.2. The Kier molecular flexibility index (Phi) is 4.25. The molecule has 2 aromatic heterocycles. The average molecular weight is 292 g/mol. The maximum Gasteiger partial charge on any atom is 0.180 e. The molecule has 0 spiro atoms. The number of hydrogen-bond acceptors (Lipinski definition) is 5. The minimum Gasteiger partial charge on any atom is -0.488 e. The quantitative estimate of drug-likeness (QED) is 0.777. The summed E-state index contributed by atoms with van der Waals surface area (Å²) in [6.45, 7) is 2.49. The highest BCUT2D eigenvalue weighted by Crippen LogP contribution is 2.27. The van der Waals surface area contributed by atoms with E-state index in [1.54, 1.807) is 18.6 Å². The standard InChI is InChI=1S/C17H16N4O/c1-2-22-15-12-19-16(13-6-4-3-5-7-13)21-17(15)20-14-8-10-18-11-9-14/h3-12H,2H2,1H3,(H,18,19,20,21). The summed E-state index contributed by atoms with van der Waals surface area (Å²) in [5, 5.41) is 3.25. The Morgan fingerprint density at radius 3 is 2.55 bits per heavy atom. The molecule has 0 aliphatic heterocycles. The van der Waals surface area contributed by atoms with Crippen LogP contribution in [0.25, 0.3) is 11.4 Å². The number of aromatic nitrogens is 3. The van der Waals surface area contributed by atoms with E-state index in [4.69, 9.17) is 4.74 Å². The zero-order valence-electron chi connectivity index (χ0n) is 12.2. The average Bonchev–Trinajstić information content (AvgIpc) is 2.58. The SMILES string of the molecule is CCOc1cnc(-c2ccccc2)nc1Nc1ccncc1. The van der Waals surface area contributed by atoms with Gasteiger partial charge in [0.15, 0.2) is 17.4 Å². The molecule has 0 saturated heterocycles. The molecule has 22 heavy (non-hydrogen) atoms. The molecule has 1 N–H and O–H groups in total. The molecule has 0 bridgehead atoms. The second-order valence-electron chi connectivity index (χ2n) is 4.57. The van der Waals surface area contributed by atoms with Crippen molar-refractivity contribution in [2.45, 2.75) is 6.92 Å². The predicted molar refractivity (Wildman–Crippen MR) is 86.2 cm³/mol. The van der Waals surface area contributed by atoms with Crippen LogP contribution in [-0.2, 0) is 0 Å². The van der Waals surface area contributed by atoms with Crippen molar-refractivity contribution in [3.8, 4) is 17.1 Å². The second-order valence-corrected chi connectivity index (χ2v) is 4.57. The Labute approximate surface area is 129 Å². The van der Waals surface area contributed by atoms with Crippen molar-refractivity contribution < 1.29 is 4.74 Å². The molecule has 3 aromatic rings. The number of nitrogens with one attached hydrogen (secondary N) is 1. The van der Waals surface area contributed by atoms with Crippen molar-refractivity contribution in [1.82, 2.24) is 15.0 Å². The van der Waals surface area contributed by atoms with E-state index in [2.05, 4.69) is 20.3 Å². The van der Waals surface area contributed by atoms with Crippen LogP contribution in [0.4, 0.5) is 11.5 Å². The Hall–Kier alpha value is -2.95. The highest BCUT2D eigenvalue weighted by atomic mass is 16.5. The largest absolute Gasteiger partial charge is 0.488 e. The minimum atomic E-state index is 0.555. The number of anilines is 2. The van der Waals surface area contributed by atoms with Crippen LogP contribution >= 0.6 is 0 Å². The molecule has 0 radical (unpaired) electrons. The van der Waals surface area contributed by atoms with Gasteiger partial charge >= 0.3 is 0 Å².